The molecule has 0 saturated heterocycles. The lowest BCUT2D eigenvalue weighted by molar-refractivity contribution is -0.113. The van der Waals surface area contributed by atoms with E-state index in [-0.39, 0.29) is 11.7 Å². The first-order valence-electron chi connectivity index (χ1n) is 9.94. The summed E-state index contributed by atoms with van der Waals surface area (Å²) < 4.78 is 8.72. The zero-order valence-electron chi connectivity index (χ0n) is 18.1. The van der Waals surface area contributed by atoms with Crippen LogP contribution < -0.4 is 10.1 Å². The molecule has 1 amide bonds. The third-order valence-electron chi connectivity index (χ3n) is 4.75. The summed E-state index contributed by atoms with van der Waals surface area (Å²) in [5.74, 6) is 1.26. The van der Waals surface area contributed by atoms with Gasteiger partial charge in [-0.2, -0.15) is 0 Å². The second-order valence-electron chi connectivity index (χ2n) is 7.18. The highest BCUT2D eigenvalue weighted by Crippen LogP contribution is 2.30. The average molecular weight is 536 g/mol. The Hall–Kier alpha value is -2.29. The Balaban J connectivity index is 1.70. The van der Waals surface area contributed by atoms with E-state index in [9.17, 15) is 4.79 Å². The maximum Gasteiger partial charge on any atom is 0.234 e. The number of aromatic nitrogens is 3. The minimum Gasteiger partial charge on any atom is -0.481 e. The molecule has 0 bridgehead atoms. The fourth-order valence-corrected chi connectivity index (χ4v) is 4.48. The fraction of sp³-hybridized carbons (Fsp3) is 0.261. The second-order valence-corrected chi connectivity index (χ2v) is 9.39. The van der Waals surface area contributed by atoms with Crippen molar-refractivity contribution < 1.29 is 9.53 Å². The van der Waals surface area contributed by atoms with Crippen molar-refractivity contribution in [2.24, 2.45) is 0 Å². The number of carbonyl (C=O) groups is 1. The first kappa shape index (κ1) is 24.4. The molecule has 9 heteroatoms. The first-order chi connectivity index (χ1) is 15.3. The lowest BCUT2D eigenvalue weighted by Gasteiger charge is -2.16. The summed E-state index contributed by atoms with van der Waals surface area (Å²) in [5, 5.41) is 12.6. The summed E-state index contributed by atoms with van der Waals surface area (Å²) in [5.41, 5.74) is 3.01. The van der Waals surface area contributed by atoms with Gasteiger partial charge in [-0.05, 0) is 72.1 Å². The van der Waals surface area contributed by atoms with E-state index in [0.29, 0.717) is 28.3 Å². The van der Waals surface area contributed by atoms with Gasteiger partial charge in [-0.25, -0.2) is 0 Å². The minimum atomic E-state index is -0.392. The summed E-state index contributed by atoms with van der Waals surface area (Å²) >= 11 is 11.0. The van der Waals surface area contributed by atoms with Crippen molar-refractivity contribution in [2.75, 3.05) is 11.1 Å². The number of hydrogen-bond acceptors (Lipinski definition) is 5. The highest BCUT2D eigenvalue weighted by Gasteiger charge is 2.20. The van der Waals surface area contributed by atoms with Crippen LogP contribution in [0.3, 0.4) is 0 Å². The van der Waals surface area contributed by atoms with Gasteiger partial charge in [-0.3, -0.25) is 9.36 Å². The average Bonchev–Trinajstić information content (AvgIpc) is 3.15. The minimum absolute atomic E-state index is 0.131. The molecule has 3 rings (SSSR count). The lowest BCUT2D eigenvalue weighted by Crippen LogP contribution is -2.16. The number of nitrogens with zero attached hydrogens (tertiary/aromatic N) is 3. The number of anilines is 1. The molecule has 1 N–H and O–H groups in total. The van der Waals surface area contributed by atoms with Crippen molar-refractivity contribution >= 4 is 50.9 Å². The number of thioether (sulfide) groups is 1. The van der Waals surface area contributed by atoms with Gasteiger partial charge < -0.3 is 10.1 Å². The van der Waals surface area contributed by atoms with E-state index >= 15 is 0 Å². The molecule has 2 aromatic carbocycles. The summed E-state index contributed by atoms with van der Waals surface area (Å²) in [6.07, 6.45) is 1.36. The molecule has 1 atom stereocenters. The molecule has 0 saturated carbocycles. The first-order valence-corrected chi connectivity index (χ1v) is 12.1. The number of ether oxygens (including phenoxy) is 1. The summed E-state index contributed by atoms with van der Waals surface area (Å²) in [7, 11) is 0. The van der Waals surface area contributed by atoms with Crippen LogP contribution in [-0.4, -0.2) is 26.4 Å². The lowest BCUT2D eigenvalue weighted by atomic mass is 10.1. The molecule has 0 fully saturated rings. The standard InChI is InChI=1S/C23H24BrClN4O2S/c1-5-10-29-22(16(4)31-20-9-7-6-8-18(20)25)27-28-23(29)32-13-21(30)26-19-12-15(3)14(2)11-17(19)24/h5-9,11-12,16H,1,10,13H2,2-4H3,(H,26,30). The Morgan fingerprint density at radius 1 is 1.31 bits per heavy atom. The van der Waals surface area contributed by atoms with E-state index in [2.05, 4.69) is 38.0 Å². The molecule has 1 heterocycles. The Morgan fingerprint density at radius 2 is 2.03 bits per heavy atom. The van der Waals surface area contributed by atoms with Crippen LogP contribution in [0.1, 0.15) is 30.0 Å². The zero-order chi connectivity index (χ0) is 23.3. The highest BCUT2D eigenvalue weighted by molar-refractivity contribution is 9.10. The zero-order valence-corrected chi connectivity index (χ0v) is 21.2. The van der Waals surface area contributed by atoms with Crippen molar-refractivity contribution in [3.8, 4) is 5.75 Å². The van der Waals surface area contributed by atoms with Crippen LogP contribution >= 0.6 is 39.3 Å². The smallest absolute Gasteiger partial charge is 0.234 e. The van der Waals surface area contributed by atoms with Gasteiger partial charge in [0, 0.05) is 11.0 Å². The molecule has 168 valence electrons. The molecular formula is C23H24BrClN4O2S. The van der Waals surface area contributed by atoms with Crippen LogP contribution in [0.25, 0.3) is 0 Å². The number of hydrogen-bond donors (Lipinski definition) is 1. The van der Waals surface area contributed by atoms with E-state index in [1.807, 2.05) is 49.6 Å². The van der Waals surface area contributed by atoms with Crippen LogP contribution in [0, 0.1) is 13.8 Å². The molecule has 1 unspecified atom stereocenters. The molecule has 3 aromatic rings. The number of halogens is 2. The number of nitrogens with one attached hydrogen (secondary N) is 1. The second kappa shape index (κ2) is 11.0. The van der Waals surface area contributed by atoms with Gasteiger partial charge in [0.1, 0.15) is 5.75 Å². The van der Waals surface area contributed by atoms with E-state index < -0.39 is 6.10 Å². The summed E-state index contributed by atoms with van der Waals surface area (Å²) in [6, 6.07) is 11.2. The van der Waals surface area contributed by atoms with Crippen molar-refractivity contribution in [2.45, 2.75) is 38.6 Å². The molecule has 1 aromatic heterocycles. The molecule has 32 heavy (non-hydrogen) atoms. The van der Waals surface area contributed by atoms with Crippen LogP contribution in [0.15, 0.2) is 58.7 Å². The molecular weight excluding hydrogens is 512 g/mol. The largest absolute Gasteiger partial charge is 0.481 e. The van der Waals surface area contributed by atoms with Crippen LogP contribution in [0.4, 0.5) is 5.69 Å². The van der Waals surface area contributed by atoms with Gasteiger partial charge in [0.2, 0.25) is 5.91 Å². The van der Waals surface area contributed by atoms with Crippen molar-refractivity contribution in [1.82, 2.24) is 14.8 Å². The SMILES string of the molecule is C=CCn1c(SCC(=O)Nc2cc(C)c(C)cc2Br)nnc1C(C)Oc1ccccc1Cl. The number of amides is 1. The summed E-state index contributed by atoms with van der Waals surface area (Å²) in [6.45, 7) is 10.2. The van der Waals surface area contributed by atoms with Crippen LogP contribution in [-0.2, 0) is 11.3 Å². The van der Waals surface area contributed by atoms with Gasteiger partial charge in [0.15, 0.2) is 17.1 Å². The Labute approximate surface area is 205 Å². The van der Waals surface area contributed by atoms with Gasteiger partial charge in [-0.1, -0.05) is 41.6 Å². The normalized spacial score (nSPS) is 11.8. The Morgan fingerprint density at radius 3 is 2.75 bits per heavy atom. The third kappa shape index (κ3) is 5.94. The number of rotatable bonds is 9. The van der Waals surface area contributed by atoms with E-state index in [0.717, 1.165) is 21.3 Å². The molecule has 0 spiro atoms. The molecule has 6 nitrogen and oxygen atoms in total. The van der Waals surface area contributed by atoms with Gasteiger partial charge in [0.05, 0.1) is 16.5 Å². The number of aryl methyl sites for hydroxylation is 2. The van der Waals surface area contributed by atoms with Crippen molar-refractivity contribution in [3.63, 3.8) is 0 Å². The van der Waals surface area contributed by atoms with Crippen LogP contribution in [0.5, 0.6) is 5.75 Å². The van der Waals surface area contributed by atoms with Gasteiger partial charge in [0.25, 0.3) is 0 Å². The predicted octanol–water partition coefficient (Wildman–Crippen LogP) is 6.37. The fourth-order valence-electron chi connectivity index (χ4n) is 2.98. The van der Waals surface area contributed by atoms with Gasteiger partial charge >= 0.3 is 0 Å². The Bertz CT molecular complexity index is 1140. The molecule has 0 radical (unpaired) electrons. The summed E-state index contributed by atoms with van der Waals surface area (Å²) in [4.78, 5) is 12.6. The maximum atomic E-state index is 12.6. The van der Waals surface area contributed by atoms with E-state index in [1.54, 1.807) is 18.2 Å². The monoisotopic (exact) mass is 534 g/mol. The molecule has 0 aliphatic heterocycles. The topological polar surface area (TPSA) is 69.0 Å². The van der Waals surface area contributed by atoms with E-state index in [4.69, 9.17) is 16.3 Å². The Kier molecular flexibility index (Phi) is 8.39. The molecule has 0 aliphatic carbocycles. The van der Waals surface area contributed by atoms with Crippen molar-refractivity contribution in [3.05, 3.63) is 75.5 Å². The maximum absolute atomic E-state index is 12.6. The van der Waals surface area contributed by atoms with E-state index in [1.165, 1.54) is 11.8 Å². The number of allylic oxidation sites excluding steroid dienone is 1. The predicted molar refractivity (Wildman–Crippen MR) is 134 cm³/mol. The number of carbonyl (C=O) groups excluding carboxylic acids is 1. The highest BCUT2D eigenvalue weighted by atomic mass is 79.9. The van der Waals surface area contributed by atoms with Crippen LogP contribution in [0.2, 0.25) is 5.02 Å². The molecule has 0 aliphatic rings. The van der Waals surface area contributed by atoms with Gasteiger partial charge in [-0.15, -0.1) is 16.8 Å². The third-order valence-corrected chi connectivity index (χ3v) is 6.69. The number of benzene rings is 2. The van der Waals surface area contributed by atoms with Crippen molar-refractivity contribution in [1.29, 1.82) is 0 Å². The number of para-hydroxylation sites is 1. The quantitative estimate of drug-likeness (QED) is 0.255.